The van der Waals surface area contributed by atoms with Crippen molar-refractivity contribution in [1.82, 2.24) is 0 Å². The summed E-state index contributed by atoms with van der Waals surface area (Å²) in [6, 6.07) is 5.73. The molecule has 0 fully saturated rings. The lowest BCUT2D eigenvalue weighted by atomic mass is 10.1. The second-order valence-corrected chi connectivity index (χ2v) is 3.67. The highest BCUT2D eigenvalue weighted by Gasteiger charge is 2.18. The third-order valence-corrected chi connectivity index (χ3v) is 2.56. The van der Waals surface area contributed by atoms with Gasteiger partial charge in [-0.2, -0.15) is 0 Å². The minimum absolute atomic E-state index is 0.508. The third-order valence-electron chi connectivity index (χ3n) is 2.56. The summed E-state index contributed by atoms with van der Waals surface area (Å²) in [6.45, 7) is 1.96. The van der Waals surface area contributed by atoms with Gasteiger partial charge in [0.05, 0.1) is 5.71 Å². The van der Waals surface area contributed by atoms with Crippen LogP contribution in [0.15, 0.2) is 48.1 Å². The number of rotatable bonds is 2. The number of nitrogens with one attached hydrogen (secondary N) is 1. The zero-order chi connectivity index (χ0) is 11.5. The summed E-state index contributed by atoms with van der Waals surface area (Å²) in [5.74, 6) is 0. The molecule has 0 spiro atoms. The van der Waals surface area contributed by atoms with Crippen LogP contribution in [0.1, 0.15) is 18.1 Å². The van der Waals surface area contributed by atoms with Crippen LogP contribution in [0.2, 0.25) is 0 Å². The summed E-state index contributed by atoms with van der Waals surface area (Å²) in [5, 5.41) is 8.04. The molecule has 2 nitrogen and oxygen atoms in total. The Bertz CT molecular complexity index is 520. The molecule has 0 unspecified atom stereocenters. The van der Waals surface area contributed by atoms with Crippen LogP contribution >= 0.6 is 0 Å². The molecule has 1 aromatic rings. The van der Waals surface area contributed by atoms with E-state index in [4.69, 9.17) is 11.1 Å². The van der Waals surface area contributed by atoms with Crippen molar-refractivity contribution >= 4 is 17.5 Å². The van der Waals surface area contributed by atoms with E-state index < -0.39 is 0 Å². The average Bonchev–Trinajstić information content (AvgIpc) is 2.58. The second kappa shape index (κ2) is 4.19. The second-order valence-electron chi connectivity index (χ2n) is 3.67. The minimum Gasteiger partial charge on any atom is -0.398 e. The predicted octanol–water partition coefficient (Wildman–Crippen LogP) is 3.17. The van der Waals surface area contributed by atoms with Crippen LogP contribution in [-0.4, -0.2) is 5.71 Å². The van der Waals surface area contributed by atoms with E-state index in [1.165, 1.54) is 0 Å². The van der Waals surface area contributed by atoms with Gasteiger partial charge in [0.15, 0.2) is 0 Å². The van der Waals surface area contributed by atoms with E-state index >= 15 is 0 Å². The SMILES string of the molecule is C/C=C\C=C/C1=Cc2cccc(N)c2C1=N. The van der Waals surface area contributed by atoms with Crippen LogP contribution in [0.25, 0.3) is 6.08 Å². The first-order chi connectivity index (χ1) is 7.74. The average molecular weight is 210 g/mol. The van der Waals surface area contributed by atoms with Crippen molar-refractivity contribution < 1.29 is 0 Å². The van der Waals surface area contributed by atoms with Gasteiger partial charge in [-0.3, -0.25) is 5.41 Å². The maximum atomic E-state index is 8.04. The summed E-state index contributed by atoms with van der Waals surface area (Å²) in [4.78, 5) is 0. The Hall–Kier alpha value is -2.09. The molecule has 0 heterocycles. The Kier molecular flexibility index (Phi) is 2.73. The zero-order valence-corrected chi connectivity index (χ0v) is 9.20. The van der Waals surface area contributed by atoms with Gasteiger partial charge < -0.3 is 5.73 Å². The molecule has 80 valence electrons. The topological polar surface area (TPSA) is 49.9 Å². The van der Waals surface area contributed by atoms with Crippen LogP contribution in [0, 0.1) is 5.41 Å². The monoisotopic (exact) mass is 210 g/mol. The van der Waals surface area contributed by atoms with E-state index in [9.17, 15) is 0 Å². The molecule has 1 aliphatic rings. The minimum atomic E-state index is 0.508. The Balaban J connectivity index is 2.37. The highest BCUT2D eigenvalue weighted by atomic mass is 14.6. The summed E-state index contributed by atoms with van der Waals surface area (Å²) < 4.78 is 0. The molecule has 16 heavy (non-hydrogen) atoms. The van der Waals surface area contributed by atoms with Crippen molar-refractivity contribution in [3.63, 3.8) is 0 Å². The third kappa shape index (κ3) is 1.70. The standard InChI is InChI=1S/C14H14N2/c1-2-3-4-6-11-9-10-7-5-8-12(15)13(10)14(11)16/h2-9,16H,15H2,1H3/b3-2-,6-4-,16-14?. The lowest BCUT2D eigenvalue weighted by Crippen LogP contribution is -2.01. The molecule has 0 aliphatic heterocycles. The highest BCUT2D eigenvalue weighted by Crippen LogP contribution is 2.29. The van der Waals surface area contributed by atoms with Crippen molar-refractivity contribution in [2.24, 2.45) is 0 Å². The maximum Gasteiger partial charge on any atom is 0.0711 e. The lowest BCUT2D eigenvalue weighted by molar-refractivity contribution is 1.49. The summed E-state index contributed by atoms with van der Waals surface area (Å²) >= 11 is 0. The summed E-state index contributed by atoms with van der Waals surface area (Å²) in [5.41, 5.74) is 9.84. The van der Waals surface area contributed by atoms with Crippen LogP contribution in [0.5, 0.6) is 0 Å². The zero-order valence-electron chi connectivity index (χ0n) is 9.20. The van der Waals surface area contributed by atoms with Gasteiger partial charge in [-0.15, -0.1) is 0 Å². The van der Waals surface area contributed by atoms with Gasteiger partial charge in [-0.1, -0.05) is 36.4 Å². The first kappa shape index (κ1) is 10.4. The van der Waals surface area contributed by atoms with Gasteiger partial charge in [0.25, 0.3) is 0 Å². The number of benzene rings is 1. The number of nitrogen functional groups attached to an aromatic ring is 1. The van der Waals surface area contributed by atoms with E-state index in [1.807, 2.05) is 55.5 Å². The Morgan fingerprint density at radius 3 is 2.75 bits per heavy atom. The molecule has 0 radical (unpaired) electrons. The molecular weight excluding hydrogens is 196 g/mol. The molecule has 1 aromatic carbocycles. The van der Waals surface area contributed by atoms with Gasteiger partial charge in [0, 0.05) is 16.8 Å². The van der Waals surface area contributed by atoms with E-state index in [1.54, 1.807) is 0 Å². The molecule has 0 aromatic heterocycles. The smallest absolute Gasteiger partial charge is 0.0711 e. The molecular formula is C14H14N2. The van der Waals surface area contributed by atoms with E-state index in [0.29, 0.717) is 11.4 Å². The fourth-order valence-electron chi connectivity index (χ4n) is 1.78. The molecule has 0 atom stereocenters. The number of nitrogens with two attached hydrogens (primary N) is 1. The van der Waals surface area contributed by atoms with Gasteiger partial charge in [-0.25, -0.2) is 0 Å². The van der Waals surface area contributed by atoms with Crippen molar-refractivity contribution in [1.29, 1.82) is 5.41 Å². The van der Waals surface area contributed by atoms with Gasteiger partial charge in [-0.05, 0) is 24.6 Å². The normalized spacial score (nSPS) is 14.8. The van der Waals surface area contributed by atoms with Crippen LogP contribution in [-0.2, 0) is 0 Å². The van der Waals surface area contributed by atoms with Gasteiger partial charge >= 0.3 is 0 Å². The Morgan fingerprint density at radius 1 is 1.25 bits per heavy atom. The Labute approximate surface area is 95.3 Å². The van der Waals surface area contributed by atoms with Crippen molar-refractivity contribution in [2.45, 2.75) is 6.92 Å². The molecule has 3 N–H and O–H groups in total. The van der Waals surface area contributed by atoms with Gasteiger partial charge in [0.2, 0.25) is 0 Å². The number of hydrogen-bond acceptors (Lipinski definition) is 2. The molecule has 2 rings (SSSR count). The number of fused-ring (bicyclic) bond motifs is 1. The molecule has 0 amide bonds. The van der Waals surface area contributed by atoms with E-state index in [0.717, 1.165) is 16.7 Å². The molecule has 2 heteroatoms. The van der Waals surface area contributed by atoms with Crippen molar-refractivity contribution in [3.8, 4) is 0 Å². The first-order valence-corrected chi connectivity index (χ1v) is 5.23. The number of allylic oxidation sites excluding steroid dienone is 5. The van der Waals surface area contributed by atoms with Crippen molar-refractivity contribution in [2.75, 3.05) is 5.73 Å². The Morgan fingerprint density at radius 2 is 2.06 bits per heavy atom. The molecule has 0 saturated carbocycles. The van der Waals surface area contributed by atoms with E-state index in [2.05, 4.69) is 0 Å². The number of hydrogen-bond donors (Lipinski definition) is 2. The molecule has 0 saturated heterocycles. The highest BCUT2D eigenvalue weighted by molar-refractivity contribution is 6.23. The van der Waals surface area contributed by atoms with E-state index in [-0.39, 0.29) is 0 Å². The van der Waals surface area contributed by atoms with Crippen LogP contribution in [0.4, 0.5) is 5.69 Å². The van der Waals surface area contributed by atoms with Gasteiger partial charge in [0.1, 0.15) is 0 Å². The fraction of sp³-hybridized carbons (Fsp3) is 0.0714. The maximum absolute atomic E-state index is 8.04. The quantitative estimate of drug-likeness (QED) is 0.571. The summed E-state index contributed by atoms with van der Waals surface area (Å²) in [6.07, 6.45) is 9.76. The van der Waals surface area contributed by atoms with Crippen LogP contribution in [0.3, 0.4) is 0 Å². The molecule has 0 bridgehead atoms. The fourth-order valence-corrected chi connectivity index (χ4v) is 1.78. The predicted molar refractivity (Wildman–Crippen MR) is 69.6 cm³/mol. The van der Waals surface area contributed by atoms with Crippen molar-refractivity contribution in [3.05, 3.63) is 59.2 Å². The summed E-state index contributed by atoms with van der Waals surface area (Å²) in [7, 11) is 0. The molecule has 1 aliphatic carbocycles. The lowest BCUT2D eigenvalue weighted by Gasteiger charge is -2.03. The first-order valence-electron chi connectivity index (χ1n) is 5.23. The number of anilines is 1. The van der Waals surface area contributed by atoms with Crippen LogP contribution < -0.4 is 5.73 Å². The largest absolute Gasteiger partial charge is 0.398 e.